The van der Waals surface area contributed by atoms with Gasteiger partial charge in [0.1, 0.15) is 11.5 Å². The van der Waals surface area contributed by atoms with E-state index in [1.54, 1.807) is 18.2 Å². The van der Waals surface area contributed by atoms with Gasteiger partial charge in [0.05, 0.1) is 0 Å². The molecule has 21 heavy (non-hydrogen) atoms. The Balaban J connectivity index is 2.06. The zero-order chi connectivity index (χ0) is 15.5. The van der Waals surface area contributed by atoms with Gasteiger partial charge in [0.15, 0.2) is 0 Å². The molecule has 1 aromatic rings. The second-order valence-corrected chi connectivity index (χ2v) is 6.84. The number of rotatable bonds is 2. The molecule has 0 aliphatic carbocycles. The van der Waals surface area contributed by atoms with Gasteiger partial charge in [-0.1, -0.05) is 26.8 Å². The van der Waals surface area contributed by atoms with E-state index in [4.69, 9.17) is 5.84 Å². The molecule has 1 saturated heterocycles. The van der Waals surface area contributed by atoms with E-state index in [9.17, 15) is 4.79 Å². The van der Waals surface area contributed by atoms with Crippen LogP contribution in [0.1, 0.15) is 50.5 Å². The first-order valence-corrected chi connectivity index (χ1v) is 7.65. The van der Waals surface area contributed by atoms with Crippen molar-refractivity contribution in [2.45, 2.75) is 40.0 Å². The van der Waals surface area contributed by atoms with Crippen molar-refractivity contribution in [3.8, 4) is 0 Å². The van der Waals surface area contributed by atoms with E-state index < -0.39 is 0 Å². The number of carbonyl (C=O) groups excluding carboxylic acids is 1. The average molecular weight is 290 g/mol. The molecule has 5 nitrogen and oxygen atoms in total. The van der Waals surface area contributed by atoms with Crippen molar-refractivity contribution in [1.29, 1.82) is 0 Å². The lowest BCUT2D eigenvalue weighted by Crippen LogP contribution is -2.33. The highest BCUT2D eigenvalue weighted by Gasteiger charge is 2.29. The molecule has 1 unspecified atom stereocenters. The third-order valence-corrected chi connectivity index (χ3v) is 4.36. The van der Waals surface area contributed by atoms with Crippen molar-refractivity contribution in [2.75, 3.05) is 18.5 Å². The van der Waals surface area contributed by atoms with Crippen LogP contribution < -0.4 is 11.3 Å². The Hall–Kier alpha value is -1.62. The number of nitrogen functional groups attached to an aromatic ring is 1. The van der Waals surface area contributed by atoms with E-state index in [1.165, 1.54) is 6.42 Å². The summed E-state index contributed by atoms with van der Waals surface area (Å²) < 4.78 is 0. The Morgan fingerprint density at radius 1 is 1.33 bits per heavy atom. The van der Waals surface area contributed by atoms with Crippen molar-refractivity contribution < 1.29 is 4.79 Å². The summed E-state index contributed by atoms with van der Waals surface area (Å²) in [7, 11) is 0. The Labute approximate surface area is 126 Å². The lowest BCUT2D eigenvalue weighted by Gasteiger charge is -2.29. The minimum atomic E-state index is 0.00154. The number of nitrogens with two attached hydrogens (primary N) is 1. The average Bonchev–Trinajstić information content (AvgIpc) is 2.72. The van der Waals surface area contributed by atoms with Crippen molar-refractivity contribution >= 4 is 11.7 Å². The smallest absolute Gasteiger partial charge is 0.272 e. The molecule has 0 aromatic carbocycles. The lowest BCUT2D eigenvalue weighted by molar-refractivity contribution is 0.0750. The minimum Gasteiger partial charge on any atom is -0.337 e. The summed E-state index contributed by atoms with van der Waals surface area (Å²) in [5.41, 5.74) is 3.25. The SMILES string of the molecule is CC(C)(C)C1CCCN(C(=O)c2cccc(NN)n2)CC1. The zero-order valence-corrected chi connectivity index (χ0v) is 13.2. The van der Waals surface area contributed by atoms with Crippen LogP contribution in [0.25, 0.3) is 0 Å². The van der Waals surface area contributed by atoms with Gasteiger partial charge in [0.25, 0.3) is 5.91 Å². The number of amides is 1. The van der Waals surface area contributed by atoms with E-state index >= 15 is 0 Å². The molecule has 1 aromatic heterocycles. The van der Waals surface area contributed by atoms with Crippen molar-refractivity contribution in [3.63, 3.8) is 0 Å². The molecule has 1 amide bonds. The minimum absolute atomic E-state index is 0.00154. The number of carbonyl (C=O) groups is 1. The summed E-state index contributed by atoms with van der Waals surface area (Å²) >= 11 is 0. The Morgan fingerprint density at radius 2 is 2.10 bits per heavy atom. The first-order chi connectivity index (χ1) is 9.91. The molecule has 0 spiro atoms. The molecule has 1 aliphatic rings. The van der Waals surface area contributed by atoms with Gasteiger partial charge in [0, 0.05) is 13.1 Å². The van der Waals surface area contributed by atoms with Crippen LogP contribution in [0, 0.1) is 11.3 Å². The number of nitrogens with one attached hydrogen (secondary N) is 1. The second-order valence-electron chi connectivity index (χ2n) is 6.84. The molecule has 1 aliphatic heterocycles. The predicted octanol–water partition coefficient (Wildman–Crippen LogP) is 2.66. The fourth-order valence-electron chi connectivity index (χ4n) is 2.96. The van der Waals surface area contributed by atoms with Crippen molar-refractivity contribution in [1.82, 2.24) is 9.88 Å². The highest BCUT2D eigenvalue weighted by molar-refractivity contribution is 5.92. The van der Waals surface area contributed by atoms with Crippen LogP contribution in [0.2, 0.25) is 0 Å². The number of nitrogens with zero attached hydrogens (tertiary/aromatic N) is 2. The lowest BCUT2D eigenvalue weighted by atomic mass is 9.77. The molecule has 5 heteroatoms. The molecule has 3 N–H and O–H groups in total. The van der Waals surface area contributed by atoms with Crippen LogP contribution in [0.5, 0.6) is 0 Å². The summed E-state index contributed by atoms with van der Waals surface area (Å²) in [5.74, 6) is 6.54. The van der Waals surface area contributed by atoms with E-state index in [2.05, 4.69) is 31.2 Å². The van der Waals surface area contributed by atoms with E-state index in [0.717, 1.165) is 25.9 Å². The molecule has 0 saturated carbocycles. The number of pyridine rings is 1. The number of likely N-dealkylation sites (tertiary alicyclic amines) is 1. The normalized spacial score (nSPS) is 20.0. The highest BCUT2D eigenvalue weighted by Crippen LogP contribution is 2.34. The van der Waals surface area contributed by atoms with Crippen LogP contribution >= 0.6 is 0 Å². The quantitative estimate of drug-likeness (QED) is 0.649. The van der Waals surface area contributed by atoms with Crippen molar-refractivity contribution in [3.05, 3.63) is 23.9 Å². The van der Waals surface area contributed by atoms with Crippen LogP contribution in [0.4, 0.5) is 5.82 Å². The summed E-state index contributed by atoms with van der Waals surface area (Å²) in [6.45, 7) is 8.48. The van der Waals surface area contributed by atoms with Gasteiger partial charge in [0.2, 0.25) is 0 Å². The summed E-state index contributed by atoms with van der Waals surface area (Å²) in [6, 6.07) is 5.29. The maximum absolute atomic E-state index is 12.6. The summed E-state index contributed by atoms with van der Waals surface area (Å²) in [4.78, 5) is 18.7. The number of hydrazine groups is 1. The van der Waals surface area contributed by atoms with Gasteiger partial charge in [-0.25, -0.2) is 10.8 Å². The fourth-order valence-corrected chi connectivity index (χ4v) is 2.96. The first kappa shape index (κ1) is 15.8. The largest absolute Gasteiger partial charge is 0.337 e. The predicted molar refractivity (Wildman–Crippen MR) is 84.7 cm³/mol. The monoisotopic (exact) mass is 290 g/mol. The maximum atomic E-state index is 12.6. The molecule has 0 radical (unpaired) electrons. The molecule has 1 atom stereocenters. The second kappa shape index (κ2) is 6.43. The first-order valence-electron chi connectivity index (χ1n) is 7.65. The fraction of sp³-hybridized carbons (Fsp3) is 0.625. The van der Waals surface area contributed by atoms with Gasteiger partial charge in [-0.2, -0.15) is 0 Å². The van der Waals surface area contributed by atoms with Gasteiger partial charge in [-0.15, -0.1) is 0 Å². The van der Waals surface area contributed by atoms with Crippen LogP contribution in [0.3, 0.4) is 0 Å². The molecule has 2 heterocycles. The van der Waals surface area contributed by atoms with Crippen LogP contribution in [0.15, 0.2) is 18.2 Å². The highest BCUT2D eigenvalue weighted by atomic mass is 16.2. The molecule has 116 valence electrons. The van der Waals surface area contributed by atoms with E-state index in [-0.39, 0.29) is 5.91 Å². The molecule has 2 rings (SSSR count). The standard InChI is InChI=1S/C16H26N4O/c1-16(2,3)12-6-5-10-20(11-9-12)15(21)13-7-4-8-14(18-13)19-17/h4,7-8,12H,5-6,9-11,17H2,1-3H3,(H,18,19). The number of hydrogen-bond acceptors (Lipinski definition) is 4. The summed E-state index contributed by atoms with van der Waals surface area (Å²) in [6.07, 6.45) is 3.30. The Morgan fingerprint density at radius 3 is 2.76 bits per heavy atom. The number of aromatic nitrogens is 1. The third-order valence-electron chi connectivity index (χ3n) is 4.36. The van der Waals surface area contributed by atoms with Gasteiger partial charge >= 0.3 is 0 Å². The van der Waals surface area contributed by atoms with Gasteiger partial charge < -0.3 is 10.3 Å². The maximum Gasteiger partial charge on any atom is 0.272 e. The topological polar surface area (TPSA) is 71.2 Å². The van der Waals surface area contributed by atoms with Gasteiger partial charge in [-0.05, 0) is 42.7 Å². The zero-order valence-electron chi connectivity index (χ0n) is 13.2. The van der Waals surface area contributed by atoms with Crippen LogP contribution in [-0.2, 0) is 0 Å². The number of hydrogen-bond donors (Lipinski definition) is 2. The Kier molecular flexibility index (Phi) is 4.83. The molecular weight excluding hydrogens is 264 g/mol. The molecule has 1 fully saturated rings. The third kappa shape index (κ3) is 3.94. The summed E-state index contributed by atoms with van der Waals surface area (Å²) in [5, 5.41) is 0. The Bertz CT molecular complexity index is 495. The molecule has 0 bridgehead atoms. The van der Waals surface area contributed by atoms with E-state index in [1.807, 2.05) is 4.90 Å². The molecular formula is C16H26N4O. The van der Waals surface area contributed by atoms with Gasteiger partial charge in [-0.3, -0.25) is 4.79 Å². The number of anilines is 1. The van der Waals surface area contributed by atoms with Crippen molar-refractivity contribution in [2.24, 2.45) is 17.2 Å². The van der Waals surface area contributed by atoms with E-state index in [0.29, 0.717) is 22.8 Å². The van der Waals surface area contributed by atoms with Crippen LogP contribution in [-0.4, -0.2) is 28.9 Å².